The van der Waals surface area contributed by atoms with Gasteiger partial charge in [-0.2, -0.15) is 0 Å². The third-order valence-corrected chi connectivity index (χ3v) is 3.23. The second-order valence-electron chi connectivity index (χ2n) is 4.57. The average Bonchev–Trinajstić information content (AvgIpc) is 2.45. The van der Waals surface area contributed by atoms with Crippen LogP contribution in [0.2, 0.25) is 0 Å². The fourth-order valence-corrected chi connectivity index (χ4v) is 1.82. The molecular weight excluding hydrogens is 254 g/mol. The number of aliphatic carboxylic acids is 1. The highest BCUT2D eigenvalue weighted by Gasteiger charge is 2.12. The minimum Gasteiger partial charge on any atom is -0.478 e. The van der Waals surface area contributed by atoms with Crippen molar-refractivity contribution in [2.75, 3.05) is 5.32 Å². The van der Waals surface area contributed by atoms with Crippen LogP contribution in [0.5, 0.6) is 0 Å². The third-order valence-electron chi connectivity index (χ3n) is 3.23. The molecule has 4 heteroatoms. The van der Waals surface area contributed by atoms with Crippen molar-refractivity contribution in [1.29, 1.82) is 0 Å². The maximum absolute atomic E-state index is 12.0. The normalized spacial score (nSPS) is 11.9. The molecule has 0 saturated heterocycles. The van der Waals surface area contributed by atoms with Crippen LogP contribution in [0.15, 0.2) is 53.6 Å². The number of hydrogen-bond donors (Lipinski definition) is 2. The Labute approximate surface area is 116 Å². The quantitative estimate of drug-likeness (QED) is 0.841. The van der Waals surface area contributed by atoms with E-state index in [0.29, 0.717) is 5.69 Å². The van der Waals surface area contributed by atoms with Crippen molar-refractivity contribution in [2.45, 2.75) is 13.8 Å². The van der Waals surface area contributed by atoms with Crippen LogP contribution < -0.4 is 5.32 Å². The van der Waals surface area contributed by atoms with Gasteiger partial charge in [-0.1, -0.05) is 30.3 Å². The zero-order valence-corrected chi connectivity index (χ0v) is 11.3. The number of amides is 1. The van der Waals surface area contributed by atoms with Crippen molar-refractivity contribution in [3.63, 3.8) is 0 Å². The molecule has 0 heterocycles. The van der Waals surface area contributed by atoms with Gasteiger partial charge in [0.25, 0.3) is 5.91 Å². The maximum atomic E-state index is 12.0. The topological polar surface area (TPSA) is 66.4 Å². The number of carbonyl (C=O) groups is 2. The molecule has 0 aliphatic carbocycles. The van der Waals surface area contributed by atoms with Gasteiger partial charge < -0.3 is 10.4 Å². The average molecular weight is 269 g/mol. The lowest BCUT2D eigenvalue weighted by molar-refractivity contribution is -0.133. The molecule has 0 spiro atoms. The lowest BCUT2D eigenvalue weighted by Gasteiger charge is -2.08. The largest absolute Gasteiger partial charge is 0.478 e. The first-order chi connectivity index (χ1) is 9.49. The summed E-state index contributed by atoms with van der Waals surface area (Å²) >= 11 is 0. The van der Waals surface area contributed by atoms with Gasteiger partial charge in [-0.25, -0.2) is 4.79 Å². The SMILES string of the molecule is CC(C(=O)O)=C(C)C(=O)Nc1ccc2ccccc2c1. The van der Waals surface area contributed by atoms with Gasteiger partial charge in [0.05, 0.1) is 0 Å². The van der Waals surface area contributed by atoms with E-state index in [2.05, 4.69) is 5.32 Å². The van der Waals surface area contributed by atoms with Crippen LogP contribution in [0.3, 0.4) is 0 Å². The van der Waals surface area contributed by atoms with E-state index in [0.717, 1.165) is 10.8 Å². The van der Waals surface area contributed by atoms with Crippen molar-refractivity contribution >= 4 is 28.3 Å². The first kappa shape index (κ1) is 13.8. The summed E-state index contributed by atoms with van der Waals surface area (Å²) in [6.45, 7) is 2.91. The molecule has 2 N–H and O–H groups in total. The van der Waals surface area contributed by atoms with Crippen LogP contribution in [-0.2, 0) is 9.59 Å². The minimum absolute atomic E-state index is 0.0447. The molecule has 4 nitrogen and oxygen atoms in total. The van der Waals surface area contributed by atoms with E-state index in [1.165, 1.54) is 13.8 Å². The summed E-state index contributed by atoms with van der Waals surface area (Å²) in [5.41, 5.74) is 0.889. The smallest absolute Gasteiger partial charge is 0.331 e. The number of benzene rings is 2. The molecule has 0 aliphatic rings. The summed E-state index contributed by atoms with van der Waals surface area (Å²) < 4.78 is 0. The highest BCUT2D eigenvalue weighted by Crippen LogP contribution is 2.19. The van der Waals surface area contributed by atoms with Crippen molar-refractivity contribution < 1.29 is 14.7 Å². The second-order valence-corrected chi connectivity index (χ2v) is 4.57. The van der Waals surface area contributed by atoms with Crippen LogP contribution in [0.1, 0.15) is 13.8 Å². The standard InChI is InChI=1S/C16H15NO3/c1-10(11(2)16(19)20)15(18)17-14-8-7-12-5-3-4-6-13(12)9-14/h3-9H,1-2H3,(H,17,18)(H,19,20). The number of anilines is 1. The molecule has 0 atom stereocenters. The molecule has 2 aromatic carbocycles. The molecule has 20 heavy (non-hydrogen) atoms. The molecule has 2 rings (SSSR count). The summed E-state index contributed by atoms with van der Waals surface area (Å²) in [7, 11) is 0. The van der Waals surface area contributed by atoms with E-state index in [-0.39, 0.29) is 11.1 Å². The zero-order chi connectivity index (χ0) is 14.7. The van der Waals surface area contributed by atoms with Crippen LogP contribution in [0.25, 0.3) is 10.8 Å². The van der Waals surface area contributed by atoms with E-state index in [4.69, 9.17) is 5.11 Å². The summed E-state index contributed by atoms with van der Waals surface area (Å²) in [5, 5.41) is 13.7. The number of carbonyl (C=O) groups excluding carboxylic acids is 1. The Morgan fingerprint density at radius 3 is 2.25 bits per heavy atom. The van der Waals surface area contributed by atoms with Crippen molar-refractivity contribution in [3.05, 3.63) is 53.6 Å². The highest BCUT2D eigenvalue weighted by molar-refractivity contribution is 6.08. The monoisotopic (exact) mass is 269 g/mol. The van der Waals surface area contributed by atoms with Gasteiger partial charge in [-0.3, -0.25) is 4.79 Å². The molecule has 0 saturated carbocycles. The van der Waals surface area contributed by atoms with Gasteiger partial charge in [0, 0.05) is 16.8 Å². The molecule has 0 aromatic heterocycles. The van der Waals surface area contributed by atoms with Gasteiger partial charge in [-0.05, 0) is 36.8 Å². The number of hydrogen-bond acceptors (Lipinski definition) is 2. The van der Waals surface area contributed by atoms with Crippen molar-refractivity contribution in [1.82, 2.24) is 0 Å². The zero-order valence-electron chi connectivity index (χ0n) is 11.3. The summed E-state index contributed by atoms with van der Waals surface area (Å²) in [6, 6.07) is 13.4. The van der Waals surface area contributed by atoms with Crippen LogP contribution in [-0.4, -0.2) is 17.0 Å². The Morgan fingerprint density at radius 2 is 1.60 bits per heavy atom. The third kappa shape index (κ3) is 2.85. The molecule has 0 bridgehead atoms. The predicted octanol–water partition coefficient (Wildman–Crippen LogP) is 3.20. The van der Waals surface area contributed by atoms with Crippen molar-refractivity contribution in [2.24, 2.45) is 0 Å². The molecule has 0 unspecified atom stereocenters. The van der Waals surface area contributed by atoms with E-state index in [1.54, 1.807) is 6.07 Å². The Bertz CT molecular complexity index is 716. The van der Waals surface area contributed by atoms with Gasteiger partial charge in [0.2, 0.25) is 0 Å². The van der Waals surface area contributed by atoms with Crippen LogP contribution >= 0.6 is 0 Å². The number of fused-ring (bicyclic) bond motifs is 1. The van der Waals surface area contributed by atoms with Gasteiger partial charge in [-0.15, -0.1) is 0 Å². The molecule has 0 radical (unpaired) electrons. The summed E-state index contributed by atoms with van der Waals surface area (Å²) in [4.78, 5) is 22.8. The summed E-state index contributed by atoms with van der Waals surface area (Å²) in [5.74, 6) is -1.49. The summed E-state index contributed by atoms with van der Waals surface area (Å²) in [6.07, 6.45) is 0. The number of carboxylic acids is 1. The molecule has 2 aromatic rings. The van der Waals surface area contributed by atoms with Gasteiger partial charge in [0.15, 0.2) is 0 Å². The lowest BCUT2D eigenvalue weighted by atomic mass is 10.1. The van der Waals surface area contributed by atoms with E-state index < -0.39 is 11.9 Å². The molecule has 0 fully saturated rings. The van der Waals surface area contributed by atoms with Crippen LogP contribution in [0.4, 0.5) is 5.69 Å². The number of carboxylic acid groups (broad SMARTS) is 1. The first-order valence-corrected chi connectivity index (χ1v) is 6.20. The Balaban J connectivity index is 2.26. The van der Waals surface area contributed by atoms with Gasteiger partial charge in [0.1, 0.15) is 0 Å². The number of nitrogens with one attached hydrogen (secondary N) is 1. The first-order valence-electron chi connectivity index (χ1n) is 6.20. The van der Waals surface area contributed by atoms with Gasteiger partial charge >= 0.3 is 5.97 Å². The Morgan fingerprint density at radius 1 is 0.950 bits per heavy atom. The minimum atomic E-state index is -1.09. The van der Waals surface area contributed by atoms with E-state index in [9.17, 15) is 9.59 Å². The fraction of sp³-hybridized carbons (Fsp3) is 0.125. The highest BCUT2D eigenvalue weighted by atomic mass is 16.4. The molecule has 0 aliphatic heterocycles. The molecule has 102 valence electrons. The van der Waals surface area contributed by atoms with E-state index in [1.807, 2.05) is 36.4 Å². The second kappa shape index (κ2) is 5.57. The lowest BCUT2D eigenvalue weighted by Crippen LogP contribution is -2.16. The molecular formula is C16H15NO3. The Hall–Kier alpha value is -2.62. The fourth-order valence-electron chi connectivity index (χ4n) is 1.82. The molecule has 1 amide bonds. The van der Waals surface area contributed by atoms with E-state index >= 15 is 0 Å². The Kier molecular flexibility index (Phi) is 3.84. The van der Waals surface area contributed by atoms with Crippen LogP contribution in [0, 0.1) is 0 Å². The van der Waals surface area contributed by atoms with Crippen molar-refractivity contribution in [3.8, 4) is 0 Å². The predicted molar refractivity (Wildman–Crippen MR) is 78.6 cm³/mol. The maximum Gasteiger partial charge on any atom is 0.331 e. The number of rotatable bonds is 3.